The van der Waals surface area contributed by atoms with Crippen molar-refractivity contribution in [2.75, 3.05) is 11.5 Å². The Labute approximate surface area is 286 Å². The number of halogens is 12. The van der Waals surface area contributed by atoms with Crippen LogP contribution >= 0.6 is 0 Å². The Kier molecular flexibility index (Phi) is 9.04. The highest BCUT2D eigenvalue weighted by molar-refractivity contribution is 6.15. The van der Waals surface area contributed by atoms with E-state index < -0.39 is 110 Å². The third-order valence-electron chi connectivity index (χ3n) is 7.99. The molecular weight excluding hydrogens is 748 g/mol. The molecule has 2 aliphatic rings. The van der Waals surface area contributed by atoms with Crippen LogP contribution in [0.15, 0.2) is 72.8 Å². The van der Waals surface area contributed by atoms with Gasteiger partial charge in [0.2, 0.25) is 5.41 Å². The lowest BCUT2D eigenvalue weighted by Gasteiger charge is -2.38. The molecule has 8 nitrogen and oxygen atoms in total. The highest BCUT2D eigenvalue weighted by atomic mass is 19.4. The van der Waals surface area contributed by atoms with Gasteiger partial charge in [-0.05, 0) is 70.8 Å². The fraction of sp³-hybridized carbons (Fsp3) is 0.152. The Morgan fingerprint density at radius 3 is 1.00 bits per heavy atom. The maximum Gasteiger partial charge on any atom is 0.417 e. The second kappa shape index (κ2) is 12.6. The lowest BCUT2D eigenvalue weighted by molar-refractivity contribution is -0.288. The summed E-state index contributed by atoms with van der Waals surface area (Å²) in [5, 5.41) is 0. The van der Waals surface area contributed by atoms with Gasteiger partial charge in [0.05, 0.1) is 33.4 Å². The second-order valence-corrected chi connectivity index (χ2v) is 11.2. The molecule has 0 spiro atoms. The topological polar surface area (TPSA) is 139 Å². The molecule has 6 rings (SSSR count). The molecular formula is C33H16F12N2O6. The van der Waals surface area contributed by atoms with Crippen molar-refractivity contribution in [1.29, 1.82) is 0 Å². The number of rotatable bonds is 3. The highest BCUT2D eigenvalue weighted by Crippen LogP contribution is 2.57. The minimum Gasteiger partial charge on any atom is -0.399 e. The number of ether oxygens (including phenoxy) is 2. The molecule has 53 heavy (non-hydrogen) atoms. The van der Waals surface area contributed by atoms with E-state index >= 15 is 0 Å². The van der Waals surface area contributed by atoms with Gasteiger partial charge in [0.1, 0.15) is 0 Å². The first-order chi connectivity index (χ1) is 24.3. The summed E-state index contributed by atoms with van der Waals surface area (Å²) in [7, 11) is 0. The lowest BCUT2D eigenvalue weighted by atomic mass is 9.71. The number of nitrogens with two attached hydrogens (primary N) is 2. The number of cyclic esters (lactones) is 4. The van der Waals surface area contributed by atoms with E-state index in [9.17, 15) is 71.9 Å². The molecule has 0 aliphatic carbocycles. The van der Waals surface area contributed by atoms with E-state index in [0.29, 0.717) is 36.4 Å². The van der Waals surface area contributed by atoms with Crippen molar-refractivity contribution in [1.82, 2.24) is 0 Å². The fourth-order valence-corrected chi connectivity index (χ4v) is 5.68. The van der Waals surface area contributed by atoms with Crippen LogP contribution in [0.2, 0.25) is 0 Å². The summed E-state index contributed by atoms with van der Waals surface area (Å²) in [6.07, 6.45) is -21.7. The zero-order valence-corrected chi connectivity index (χ0v) is 25.6. The summed E-state index contributed by atoms with van der Waals surface area (Å²) >= 11 is 0. The van der Waals surface area contributed by atoms with Gasteiger partial charge >= 0.3 is 48.6 Å². The zero-order valence-electron chi connectivity index (χ0n) is 25.6. The molecule has 2 aliphatic heterocycles. The summed E-state index contributed by atoms with van der Waals surface area (Å²) in [5.74, 6) is -5.23. The van der Waals surface area contributed by atoms with Gasteiger partial charge in [-0.3, -0.25) is 0 Å². The summed E-state index contributed by atoms with van der Waals surface area (Å²) in [4.78, 5) is 46.5. The SMILES string of the molecule is Nc1ccc(-c2ccc(N)cc2C(F)(F)F)c(C(F)(F)F)c1.O=C1OC(=O)c2cc(C(c3ccc4c(c3)C(=O)OC4=O)(C(F)(F)F)C(F)(F)F)ccc21. The number of anilines is 2. The number of hydrogen-bond donors (Lipinski definition) is 2. The van der Waals surface area contributed by atoms with Crippen LogP contribution in [0.5, 0.6) is 0 Å². The van der Waals surface area contributed by atoms with Gasteiger partial charge in [-0.25, -0.2) is 19.2 Å². The smallest absolute Gasteiger partial charge is 0.399 e. The van der Waals surface area contributed by atoms with E-state index in [2.05, 4.69) is 9.47 Å². The average molecular weight is 764 g/mol. The number of carbonyl (C=O) groups is 4. The maximum atomic E-state index is 14.2. The Hall–Kier alpha value is -6.08. The predicted octanol–water partition coefficient (Wildman–Crippen LogP) is 8.27. The third-order valence-corrected chi connectivity index (χ3v) is 7.99. The Morgan fingerprint density at radius 1 is 0.396 bits per heavy atom. The third kappa shape index (κ3) is 6.59. The van der Waals surface area contributed by atoms with Crippen LogP contribution in [0, 0.1) is 0 Å². The minimum absolute atomic E-state index is 0.194. The Morgan fingerprint density at radius 2 is 0.698 bits per heavy atom. The van der Waals surface area contributed by atoms with Crippen LogP contribution < -0.4 is 11.5 Å². The van der Waals surface area contributed by atoms with Gasteiger partial charge in [0.25, 0.3) is 0 Å². The first kappa shape index (κ1) is 38.2. The molecule has 278 valence electrons. The Bertz CT molecular complexity index is 2050. The van der Waals surface area contributed by atoms with Crippen molar-refractivity contribution < 1.29 is 81.3 Å². The number of alkyl halides is 12. The van der Waals surface area contributed by atoms with E-state index in [1.165, 1.54) is 0 Å². The van der Waals surface area contributed by atoms with Gasteiger partial charge < -0.3 is 20.9 Å². The summed E-state index contributed by atoms with van der Waals surface area (Å²) in [5.41, 5.74) is -3.54. The molecule has 4 N–H and O–H groups in total. The summed E-state index contributed by atoms with van der Waals surface area (Å²) in [6, 6.07) is 7.86. The molecule has 0 unspecified atom stereocenters. The van der Waals surface area contributed by atoms with E-state index in [4.69, 9.17) is 11.5 Å². The molecule has 0 saturated heterocycles. The molecule has 0 amide bonds. The fourth-order valence-electron chi connectivity index (χ4n) is 5.68. The number of esters is 4. The molecule has 0 bridgehead atoms. The average Bonchev–Trinajstić information content (AvgIpc) is 3.47. The van der Waals surface area contributed by atoms with Gasteiger partial charge in [-0.15, -0.1) is 0 Å². The Balaban J connectivity index is 0.000000217. The molecule has 0 aromatic heterocycles. The molecule has 2 heterocycles. The van der Waals surface area contributed by atoms with Gasteiger partial charge in [0.15, 0.2) is 0 Å². The van der Waals surface area contributed by atoms with Crippen molar-refractivity contribution >= 4 is 35.3 Å². The van der Waals surface area contributed by atoms with Crippen molar-refractivity contribution in [2.24, 2.45) is 0 Å². The number of carbonyl (C=O) groups excluding carboxylic acids is 4. The molecule has 0 atom stereocenters. The molecule has 0 fully saturated rings. The lowest BCUT2D eigenvalue weighted by Crippen LogP contribution is -2.55. The zero-order chi connectivity index (χ0) is 39.6. The summed E-state index contributed by atoms with van der Waals surface area (Å²) in [6.45, 7) is 0. The molecule has 4 aromatic carbocycles. The van der Waals surface area contributed by atoms with Crippen LogP contribution in [0.1, 0.15) is 63.7 Å². The van der Waals surface area contributed by atoms with E-state index in [-0.39, 0.29) is 23.5 Å². The number of hydrogen-bond acceptors (Lipinski definition) is 8. The second-order valence-electron chi connectivity index (χ2n) is 11.2. The van der Waals surface area contributed by atoms with Gasteiger partial charge in [-0.1, -0.05) is 24.3 Å². The quantitative estimate of drug-likeness (QED) is 0.0921. The normalized spacial score (nSPS) is 14.6. The number of benzene rings is 4. The van der Waals surface area contributed by atoms with E-state index in [1.807, 2.05) is 0 Å². The van der Waals surface area contributed by atoms with Crippen LogP contribution in [0.4, 0.5) is 64.1 Å². The van der Waals surface area contributed by atoms with Crippen LogP contribution in [-0.2, 0) is 27.2 Å². The predicted molar refractivity (Wildman–Crippen MR) is 156 cm³/mol. The van der Waals surface area contributed by atoms with Crippen molar-refractivity contribution in [3.05, 3.63) is 117 Å². The molecule has 20 heteroatoms. The van der Waals surface area contributed by atoms with Crippen molar-refractivity contribution in [2.45, 2.75) is 30.1 Å². The standard InChI is InChI=1S/C19H6F6O6.C14H10F6N2/c20-18(21,22)17(19(23,24)25,7-1-3-9-11(5-7)15(28)30-13(9)26)8-2-4-10-12(6-8)16(29)31-14(10)27;15-13(16,17)11-5-7(21)1-3-9(11)10-4-2-8(22)6-12(10)14(18,19)20/h1-6H;1-6H,21-22H2. The van der Waals surface area contributed by atoms with Crippen LogP contribution in [0.25, 0.3) is 11.1 Å². The van der Waals surface area contributed by atoms with Crippen LogP contribution in [0.3, 0.4) is 0 Å². The van der Waals surface area contributed by atoms with Crippen molar-refractivity contribution in [3.63, 3.8) is 0 Å². The maximum absolute atomic E-state index is 14.2. The van der Waals surface area contributed by atoms with Gasteiger partial charge in [0, 0.05) is 11.4 Å². The molecule has 4 aromatic rings. The monoisotopic (exact) mass is 764 g/mol. The van der Waals surface area contributed by atoms with Crippen LogP contribution in [-0.4, -0.2) is 36.2 Å². The minimum atomic E-state index is -6.02. The molecule has 0 saturated carbocycles. The van der Waals surface area contributed by atoms with E-state index in [0.717, 1.165) is 24.3 Å². The number of fused-ring (bicyclic) bond motifs is 2. The first-order valence-electron chi connectivity index (χ1n) is 14.2. The largest absolute Gasteiger partial charge is 0.417 e. The number of nitrogen functional groups attached to an aromatic ring is 2. The van der Waals surface area contributed by atoms with Crippen molar-refractivity contribution in [3.8, 4) is 11.1 Å². The highest BCUT2D eigenvalue weighted by Gasteiger charge is 2.73. The van der Waals surface area contributed by atoms with E-state index in [1.54, 1.807) is 0 Å². The van der Waals surface area contributed by atoms with Gasteiger partial charge in [-0.2, -0.15) is 52.7 Å². The first-order valence-corrected chi connectivity index (χ1v) is 14.2. The molecule has 0 radical (unpaired) electrons. The summed E-state index contributed by atoms with van der Waals surface area (Å²) < 4.78 is 172.